The van der Waals surface area contributed by atoms with Crippen LogP contribution in [-0.2, 0) is 6.54 Å². The largest absolute Gasteiger partial charge is 0.369 e. The van der Waals surface area contributed by atoms with Crippen LogP contribution in [0.4, 0.5) is 5.69 Å². The molecule has 88 valence electrons. The molecular formula is C13H21N3. The third-order valence-corrected chi connectivity index (χ3v) is 3.58. The Morgan fingerprint density at radius 2 is 2.06 bits per heavy atom. The topological polar surface area (TPSA) is 28.2 Å². The Kier molecular flexibility index (Phi) is 3.44. The molecule has 0 amide bonds. The van der Waals surface area contributed by atoms with Gasteiger partial charge in [0.25, 0.3) is 0 Å². The van der Waals surface area contributed by atoms with Gasteiger partial charge in [0.15, 0.2) is 0 Å². The maximum Gasteiger partial charge on any atom is 0.0598 e. The molecule has 2 unspecified atom stereocenters. The highest BCUT2D eigenvalue weighted by Gasteiger charge is 2.27. The van der Waals surface area contributed by atoms with E-state index in [1.807, 2.05) is 19.4 Å². The van der Waals surface area contributed by atoms with Gasteiger partial charge in [-0.3, -0.25) is 4.98 Å². The van der Waals surface area contributed by atoms with Crippen molar-refractivity contribution in [2.24, 2.45) is 11.8 Å². The first-order chi connectivity index (χ1) is 7.72. The number of pyridine rings is 1. The van der Waals surface area contributed by atoms with Gasteiger partial charge in [0.2, 0.25) is 0 Å². The Balaban J connectivity index is 2.20. The summed E-state index contributed by atoms with van der Waals surface area (Å²) < 4.78 is 0. The van der Waals surface area contributed by atoms with Gasteiger partial charge in [0.05, 0.1) is 11.9 Å². The van der Waals surface area contributed by atoms with Crippen LogP contribution in [0.2, 0.25) is 0 Å². The first kappa shape index (κ1) is 11.4. The second-order valence-electron chi connectivity index (χ2n) is 4.89. The zero-order chi connectivity index (χ0) is 11.5. The predicted molar refractivity (Wildman–Crippen MR) is 67.5 cm³/mol. The van der Waals surface area contributed by atoms with Crippen LogP contribution in [0.1, 0.15) is 19.4 Å². The van der Waals surface area contributed by atoms with Crippen molar-refractivity contribution in [1.29, 1.82) is 0 Å². The standard InChI is InChI=1S/C13H21N3/c1-10-8-16(9-11(10)2)13-7-15-5-4-12(13)6-14-3/h4-5,7,10-11,14H,6,8-9H2,1-3H3. The van der Waals surface area contributed by atoms with E-state index in [-0.39, 0.29) is 0 Å². The van der Waals surface area contributed by atoms with Crippen LogP contribution in [0.3, 0.4) is 0 Å². The average molecular weight is 219 g/mol. The third-order valence-electron chi connectivity index (χ3n) is 3.58. The molecule has 0 aromatic carbocycles. The van der Waals surface area contributed by atoms with Gasteiger partial charge in [-0.15, -0.1) is 0 Å². The lowest BCUT2D eigenvalue weighted by atomic mass is 10.0. The summed E-state index contributed by atoms with van der Waals surface area (Å²) >= 11 is 0. The summed E-state index contributed by atoms with van der Waals surface area (Å²) in [5.74, 6) is 1.56. The molecule has 1 aliphatic heterocycles. The van der Waals surface area contributed by atoms with Crippen molar-refractivity contribution in [3.63, 3.8) is 0 Å². The van der Waals surface area contributed by atoms with E-state index in [0.29, 0.717) is 0 Å². The second-order valence-corrected chi connectivity index (χ2v) is 4.89. The molecule has 0 saturated carbocycles. The summed E-state index contributed by atoms with van der Waals surface area (Å²) in [5, 5.41) is 3.22. The number of nitrogens with one attached hydrogen (secondary N) is 1. The molecule has 16 heavy (non-hydrogen) atoms. The molecule has 1 aromatic heterocycles. The molecule has 2 atom stereocenters. The molecule has 0 bridgehead atoms. The summed E-state index contributed by atoms with van der Waals surface area (Å²) in [5.41, 5.74) is 2.65. The van der Waals surface area contributed by atoms with Gasteiger partial charge in [0.1, 0.15) is 0 Å². The Morgan fingerprint density at radius 1 is 1.38 bits per heavy atom. The molecule has 0 spiro atoms. The molecule has 0 aliphatic carbocycles. The molecule has 3 heteroatoms. The van der Waals surface area contributed by atoms with Crippen molar-refractivity contribution in [3.05, 3.63) is 24.0 Å². The van der Waals surface area contributed by atoms with Crippen molar-refractivity contribution >= 4 is 5.69 Å². The zero-order valence-electron chi connectivity index (χ0n) is 10.4. The number of aromatic nitrogens is 1. The van der Waals surface area contributed by atoms with Crippen LogP contribution in [-0.4, -0.2) is 25.1 Å². The van der Waals surface area contributed by atoms with E-state index in [2.05, 4.69) is 35.1 Å². The fourth-order valence-corrected chi connectivity index (χ4v) is 2.37. The number of rotatable bonds is 3. The van der Waals surface area contributed by atoms with Gasteiger partial charge in [-0.25, -0.2) is 0 Å². The summed E-state index contributed by atoms with van der Waals surface area (Å²) in [6, 6.07) is 2.11. The molecule has 1 aromatic rings. The summed E-state index contributed by atoms with van der Waals surface area (Å²) in [4.78, 5) is 6.72. The molecule has 3 nitrogen and oxygen atoms in total. The number of hydrogen-bond donors (Lipinski definition) is 1. The van der Waals surface area contributed by atoms with Gasteiger partial charge in [-0.05, 0) is 30.5 Å². The Hall–Kier alpha value is -1.09. The van der Waals surface area contributed by atoms with E-state index < -0.39 is 0 Å². The van der Waals surface area contributed by atoms with Crippen LogP contribution in [0.25, 0.3) is 0 Å². The van der Waals surface area contributed by atoms with Crippen molar-refractivity contribution in [3.8, 4) is 0 Å². The van der Waals surface area contributed by atoms with Crippen LogP contribution >= 0.6 is 0 Å². The smallest absolute Gasteiger partial charge is 0.0598 e. The quantitative estimate of drug-likeness (QED) is 0.841. The molecular weight excluding hydrogens is 198 g/mol. The summed E-state index contributed by atoms with van der Waals surface area (Å²) in [6.45, 7) is 7.89. The first-order valence-corrected chi connectivity index (χ1v) is 6.04. The molecule has 2 rings (SSSR count). The van der Waals surface area contributed by atoms with E-state index in [1.165, 1.54) is 11.3 Å². The predicted octanol–water partition coefficient (Wildman–Crippen LogP) is 1.89. The van der Waals surface area contributed by atoms with E-state index >= 15 is 0 Å². The minimum Gasteiger partial charge on any atom is -0.369 e. The lowest BCUT2D eigenvalue weighted by Crippen LogP contribution is -2.22. The van der Waals surface area contributed by atoms with Gasteiger partial charge in [-0.2, -0.15) is 0 Å². The van der Waals surface area contributed by atoms with Crippen LogP contribution in [0.5, 0.6) is 0 Å². The molecule has 1 fully saturated rings. The third kappa shape index (κ3) is 2.19. The normalized spacial score (nSPS) is 25.1. The summed E-state index contributed by atoms with van der Waals surface area (Å²) in [6.07, 6.45) is 3.87. The highest BCUT2D eigenvalue weighted by Crippen LogP contribution is 2.29. The maximum atomic E-state index is 4.25. The second kappa shape index (κ2) is 4.83. The number of anilines is 1. The van der Waals surface area contributed by atoms with Crippen molar-refractivity contribution < 1.29 is 0 Å². The van der Waals surface area contributed by atoms with E-state index in [0.717, 1.165) is 31.5 Å². The fourth-order valence-electron chi connectivity index (χ4n) is 2.37. The lowest BCUT2D eigenvalue weighted by molar-refractivity contribution is 0.494. The maximum absolute atomic E-state index is 4.25. The molecule has 2 heterocycles. The minimum absolute atomic E-state index is 0.780. The Labute approximate surface area is 97.9 Å². The van der Waals surface area contributed by atoms with Gasteiger partial charge < -0.3 is 10.2 Å². The van der Waals surface area contributed by atoms with Crippen molar-refractivity contribution in [2.75, 3.05) is 25.0 Å². The minimum atomic E-state index is 0.780. The van der Waals surface area contributed by atoms with Crippen LogP contribution < -0.4 is 10.2 Å². The highest BCUT2D eigenvalue weighted by atomic mass is 15.2. The number of nitrogens with zero attached hydrogens (tertiary/aromatic N) is 2. The van der Waals surface area contributed by atoms with E-state index in [1.54, 1.807) is 0 Å². The van der Waals surface area contributed by atoms with Crippen LogP contribution in [0, 0.1) is 11.8 Å². The Morgan fingerprint density at radius 3 is 2.69 bits per heavy atom. The zero-order valence-corrected chi connectivity index (χ0v) is 10.4. The van der Waals surface area contributed by atoms with Crippen molar-refractivity contribution in [1.82, 2.24) is 10.3 Å². The Bertz CT molecular complexity index is 341. The molecule has 1 saturated heterocycles. The monoisotopic (exact) mass is 219 g/mol. The average Bonchev–Trinajstić information content (AvgIpc) is 2.60. The number of hydrogen-bond acceptors (Lipinski definition) is 3. The molecule has 1 N–H and O–H groups in total. The van der Waals surface area contributed by atoms with Gasteiger partial charge in [-0.1, -0.05) is 13.8 Å². The van der Waals surface area contributed by atoms with Crippen LogP contribution in [0.15, 0.2) is 18.5 Å². The van der Waals surface area contributed by atoms with E-state index in [4.69, 9.17) is 0 Å². The highest BCUT2D eigenvalue weighted by molar-refractivity contribution is 5.52. The van der Waals surface area contributed by atoms with Crippen molar-refractivity contribution in [2.45, 2.75) is 20.4 Å². The molecule has 0 radical (unpaired) electrons. The summed E-state index contributed by atoms with van der Waals surface area (Å²) in [7, 11) is 1.99. The lowest BCUT2D eigenvalue weighted by Gasteiger charge is -2.21. The van der Waals surface area contributed by atoms with Gasteiger partial charge in [0, 0.05) is 25.8 Å². The SMILES string of the molecule is CNCc1ccncc1N1CC(C)C(C)C1. The first-order valence-electron chi connectivity index (χ1n) is 6.04. The van der Waals surface area contributed by atoms with E-state index in [9.17, 15) is 0 Å². The fraction of sp³-hybridized carbons (Fsp3) is 0.615. The molecule has 1 aliphatic rings. The van der Waals surface area contributed by atoms with Gasteiger partial charge >= 0.3 is 0 Å².